The van der Waals surface area contributed by atoms with Crippen molar-refractivity contribution in [1.82, 2.24) is 4.98 Å². The number of pyridine rings is 1. The highest BCUT2D eigenvalue weighted by atomic mass is 16.5. The third-order valence-electron chi connectivity index (χ3n) is 2.52. The molecule has 1 aromatic heterocycles. The molecule has 0 amide bonds. The number of hydrogen-bond acceptors (Lipinski definition) is 4. The number of aromatic nitrogens is 1. The van der Waals surface area contributed by atoms with Crippen LogP contribution in [-0.4, -0.2) is 17.2 Å². The van der Waals surface area contributed by atoms with Crippen molar-refractivity contribution < 1.29 is 9.84 Å². The molecule has 90 valence electrons. The van der Waals surface area contributed by atoms with Gasteiger partial charge < -0.3 is 9.84 Å². The van der Waals surface area contributed by atoms with Crippen LogP contribution in [0.1, 0.15) is 5.56 Å². The highest BCUT2D eigenvalue weighted by molar-refractivity contribution is 5.73. The maximum atomic E-state index is 11.4. The number of aromatic hydroxyl groups is 1. The average Bonchev–Trinajstić information content (AvgIpc) is 2.38. The first kappa shape index (κ1) is 11.7. The predicted molar refractivity (Wildman–Crippen MR) is 65.4 cm³/mol. The fraction of sp³-hybridized carbons (Fsp3) is 0.0769. The second-order valence-corrected chi connectivity index (χ2v) is 3.61. The number of H-pyrrole nitrogens is 1. The van der Waals surface area contributed by atoms with E-state index in [1.807, 2.05) is 6.07 Å². The van der Waals surface area contributed by atoms with Crippen LogP contribution in [0.3, 0.4) is 0 Å². The second-order valence-electron chi connectivity index (χ2n) is 3.61. The smallest absolute Gasteiger partial charge is 0.251 e. The van der Waals surface area contributed by atoms with Gasteiger partial charge in [-0.2, -0.15) is 5.26 Å². The number of nitriles is 1. The zero-order valence-electron chi connectivity index (χ0n) is 9.60. The quantitative estimate of drug-likeness (QED) is 0.837. The summed E-state index contributed by atoms with van der Waals surface area (Å²) in [5.74, 6) is 0.180. The largest absolute Gasteiger partial charge is 0.497 e. The zero-order chi connectivity index (χ0) is 13.1. The third-order valence-corrected chi connectivity index (χ3v) is 2.52. The Labute approximate surface area is 103 Å². The van der Waals surface area contributed by atoms with Crippen molar-refractivity contribution in [3.8, 4) is 28.8 Å². The van der Waals surface area contributed by atoms with Crippen LogP contribution < -0.4 is 10.3 Å². The fourth-order valence-corrected chi connectivity index (χ4v) is 1.68. The Morgan fingerprint density at radius 1 is 1.39 bits per heavy atom. The Kier molecular flexibility index (Phi) is 3.02. The van der Waals surface area contributed by atoms with Gasteiger partial charge in [-0.1, -0.05) is 12.1 Å². The Morgan fingerprint density at radius 2 is 2.17 bits per heavy atom. The molecule has 0 fully saturated rings. The molecule has 5 nitrogen and oxygen atoms in total. The monoisotopic (exact) mass is 242 g/mol. The normalized spacial score (nSPS) is 9.78. The molecule has 0 aliphatic rings. The topological polar surface area (TPSA) is 86.1 Å². The van der Waals surface area contributed by atoms with E-state index in [0.29, 0.717) is 16.9 Å². The van der Waals surface area contributed by atoms with Gasteiger partial charge in [-0.15, -0.1) is 0 Å². The van der Waals surface area contributed by atoms with Crippen molar-refractivity contribution in [2.75, 3.05) is 7.11 Å². The van der Waals surface area contributed by atoms with Gasteiger partial charge >= 0.3 is 0 Å². The minimum atomic E-state index is -0.468. The first-order chi connectivity index (χ1) is 8.65. The van der Waals surface area contributed by atoms with Crippen molar-refractivity contribution in [3.05, 3.63) is 46.2 Å². The summed E-state index contributed by atoms with van der Waals surface area (Å²) in [6.07, 6.45) is 0. The Morgan fingerprint density at radius 3 is 2.83 bits per heavy atom. The van der Waals surface area contributed by atoms with Crippen molar-refractivity contribution >= 4 is 0 Å². The lowest BCUT2D eigenvalue weighted by molar-refractivity contribution is 0.415. The molecule has 0 bridgehead atoms. The highest BCUT2D eigenvalue weighted by Gasteiger charge is 2.12. The van der Waals surface area contributed by atoms with Gasteiger partial charge in [0.15, 0.2) is 0 Å². The molecule has 2 rings (SSSR count). The molecule has 0 unspecified atom stereocenters. The Balaban J connectivity index is 2.70. The third kappa shape index (κ3) is 2.04. The van der Waals surface area contributed by atoms with E-state index in [1.54, 1.807) is 24.3 Å². The number of aromatic amines is 1. The van der Waals surface area contributed by atoms with E-state index in [0.717, 1.165) is 0 Å². The van der Waals surface area contributed by atoms with Gasteiger partial charge in [0.25, 0.3) is 5.56 Å². The molecule has 0 atom stereocenters. The van der Waals surface area contributed by atoms with Crippen LogP contribution in [-0.2, 0) is 0 Å². The number of rotatable bonds is 2. The van der Waals surface area contributed by atoms with Crippen molar-refractivity contribution in [3.63, 3.8) is 0 Å². The Bertz CT molecular complexity index is 683. The molecular weight excluding hydrogens is 232 g/mol. The van der Waals surface area contributed by atoms with Gasteiger partial charge in [-0.3, -0.25) is 9.78 Å². The first-order valence-electron chi connectivity index (χ1n) is 5.16. The van der Waals surface area contributed by atoms with Crippen molar-refractivity contribution in [2.24, 2.45) is 0 Å². The van der Waals surface area contributed by atoms with Crippen molar-refractivity contribution in [2.45, 2.75) is 0 Å². The number of nitrogens with zero attached hydrogens (tertiary/aromatic N) is 1. The summed E-state index contributed by atoms with van der Waals surface area (Å²) in [7, 11) is 1.53. The van der Waals surface area contributed by atoms with Crippen LogP contribution in [0.5, 0.6) is 11.6 Å². The number of methoxy groups -OCH3 is 1. The van der Waals surface area contributed by atoms with E-state index in [2.05, 4.69) is 4.98 Å². The van der Waals surface area contributed by atoms with E-state index in [4.69, 9.17) is 10.00 Å². The molecular formula is C13H10N2O3. The molecule has 0 saturated carbocycles. The molecule has 1 heterocycles. The first-order valence-corrected chi connectivity index (χ1v) is 5.16. The number of hydrogen-bond donors (Lipinski definition) is 2. The molecule has 0 aliphatic heterocycles. The summed E-state index contributed by atoms with van der Waals surface area (Å²) in [4.78, 5) is 13.5. The molecule has 1 aromatic carbocycles. The summed E-state index contributed by atoms with van der Waals surface area (Å²) in [6, 6.07) is 10.1. The molecule has 0 spiro atoms. The summed E-state index contributed by atoms with van der Waals surface area (Å²) in [5, 5.41) is 18.6. The molecule has 0 aliphatic carbocycles. The number of nitrogens with one attached hydrogen (secondary N) is 1. The minimum absolute atomic E-state index is 0.0304. The maximum Gasteiger partial charge on any atom is 0.251 e. The van der Waals surface area contributed by atoms with Crippen LogP contribution in [0.15, 0.2) is 35.1 Å². The zero-order valence-corrected chi connectivity index (χ0v) is 9.60. The lowest BCUT2D eigenvalue weighted by Gasteiger charge is -2.07. The molecule has 2 N–H and O–H groups in total. The van der Waals surface area contributed by atoms with Gasteiger partial charge in [0, 0.05) is 11.6 Å². The Hall–Kier alpha value is -2.74. The van der Waals surface area contributed by atoms with E-state index in [1.165, 1.54) is 13.2 Å². The van der Waals surface area contributed by atoms with Gasteiger partial charge in [0.1, 0.15) is 17.4 Å². The SMILES string of the molecule is COc1cccc(-c2cc(=O)[nH]c(O)c2C#N)c1. The van der Waals surface area contributed by atoms with Crippen LogP contribution in [0, 0.1) is 11.3 Å². The fourth-order valence-electron chi connectivity index (χ4n) is 1.68. The molecule has 0 saturated heterocycles. The average molecular weight is 242 g/mol. The van der Waals surface area contributed by atoms with Gasteiger partial charge in [-0.25, -0.2) is 0 Å². The van der Waals surface area contributed by atoms with Gasteiger partial charge in [-0.05, 0) is 17.7 Å². The molecule has 18 heavy (non-hydrogen) atoms. The van der Waals surface area contributed by atoms with E-state index >= 15 is 0 Å². The van der Waals surface area contributed by atoms with Crippen LogP contribution in [0.4, 0.5) is 0 Å². The number of ether oxygens (including phenoxy) is 1. The van der Waals surface area contributed by atoms with Crippen LogP contribution in [0.2, 0.25) is 0 Å². The van der Waals surface area contributed by atoms with Crippen LogP contribution >= 0.6 is 0 Å². The molecule has 5 heteroatoms. The van der Waals surface area contributed by atoms with Gasteiger partial charge in [0.2, 0.25) is 5.88 Å². The summed E-state index contributed by atoms with van der Waals surface area (Å²) in [6.45, 7) is 0. The van der Waals surface area contributed by atoms with Crippen LogP contribution in [0.25, 0.3) is 11.1 Å². The maximum absolute atomic E-state index is 11.4. The lowest BCUT2D eigenvalue weighted by atomic mass is 10.0. The highest BCUT2D eigenvalue weighted by Crippen LogP contribution is 2.28. The van der Waals surface area contributed by atoms with E-state index in [-0.39, 0.29) is 5.56 Å². The van der Waals surface area contributed by atoms with Crippen molar-refractivity contribution in [1.29, 1.82) is 5.26 Å². The lowest BCUT2D eigenvalue weighted by Crippen LogP contribution is -2.06. The molecule has 2 aromatic rings. The van der Waals surface area contributed by atoms with E-state index in [9.17, 15) is 9.90 Å². The number of benzene rings is 1. The summed E-state index contributed by atoms with van der Waals surface area (Å²) < 4.78 is 5.08. The predicted octanol–water partition coefficient (Wildman–Crippen LogP) is 1.63. The standard InChI is InChI=1S/C13H10N2O3/c1-18-9-4-2-3-8(5-9)10-6-12(16)15-13(17)11(10)7-14/h2-6H,1H3,(H2,15,16,17). The van der Waals surface area contributed by atoms with E-state index < -0.39 is 11.4 Å². The minimum Gasteiger partial charge on any atom is -0.497 e. The summed E-state index contributed by atoms with van der Waals surface area (Å²) in [5.41, 5.74) is 0.567. The van der Waals surface area contributed by atoms with Gasteiger partial charge in [0.05, 0.1) is 7.11 Å². The molecule has 0 radical (unpaired) electrons. The summed E-state index contributed by atoms with van der Waals surface area (Å²) >= 11 is 0. The second kappa shape index (κ2) is 4.63.